The van der Waals surface area contributed by atoms with Crippen LogP contribution in [0.15, 0.2) is 52.1 Å². The van der Waals surface area contributed by atoms with E-state index in [1.54, 1.807) is 23.6 Å². The molecule has 0 amide bonds. The highest BCUT2D eigenvalue weighted by molar-refractivity contribution is 7.07. The average molecular weight is 352 g/mol. The zero-order chi connectivity index (χ0) is 17.1. The summed E-state index contributed by atoms with van der Waals surface area (Å²) in [7, 11) is 0. The third-order valence-corrected chi connectivity index (χ3v) is 5.39. The largest absolute Gasteiger partial charge is 0.305 e. The first-order valence-corrected chi connectivity index (χ1v) is 9.48. The van der Waals surface area contributed by atoms with Crippen LogP contribution >= 0.6 is 11.3 Å². The number of aromatic amines is 1. The molecule has 0 radical (unpaired) electrons. The molecule has 4 rings (SSSR count). The van der Waals surface area contributed by atoms with Crippen LogP contribution in [0.1, 0.15) is 30.0 Å². The van der Waals surface area contributed by atoms with E-state index >= 15 is 0 Å². The van der Waals surface area contributed by atoms with Crippen molar-refractivity contribution >= 4 is 11.3 Å². The lowest BCUT2D eigenvalue weighted by Crippen LogP contribution is -2.33. The lowest BCUT2D eigenvalue weighted by Gasteiger charge is -2.31. The minimum atomic E-state index is -0.105. The van der Waals surface area contributed by atoms with Crippen LogP contribution in [0.25, 0.3) is 11.5 Å². The Morgan fingerprint density at radius 2 is 2.12 bits per heavy atom. The molecular formula is C19H20N4OS. The molecule has 1 saturated heterocycles. The van der Waals surface area contributed by atoms with Gasteiger partial charge in [0.05, 0.1) is 5.69 Å². The number of piperidine rings is 1. The highest BCUT2D eigenvalue weighted by Crippen LogP contribution is 2.27. The molecule has 0 saturated carbocycles. The number of hydrogen-bond donors (Lipinski definition) is 1. The monoisotopic (exact) mass is 352 g/mol. The summed E-state index contributed by atoms with van der Waals surface area (Å²) in [6.07, 6.45) is 3.77. The Hall–Kier alpha value is -2.31. The molecule has 0 aromatic carbocycles. The normalized spacial score (nSPS) is 16.2. The van der Waals surface area contributed by atoms with Gasteiger partial charge in [-0.1, -0.05) is 6.07 Å². The van der Waals surface area contributed by atoms with E-state index in [0.29, 0.717) is 17.4 Å². The molecule has 1 aliphatic heterocycles. The van der Waals surface area contributed by atoms with Gasteiger partial charge in [-0.2, -0.15) is 11.3 Å². The number of pyridine rings is 1. The van der Waals surface area contributed by atoms with Crippen LogP contribution in [0, 0.1) is 0 Å². The third-order valence-electron chi connectivity index (χ3n) is 4.66. The quantitative estimate of drug-likeness (QED) is 0.783. The van der Waals surface area contributed by atoms with Crippen molar-refractivity contribution in [3.8, 4) is 11.5 Å². The van der Waals surface area contributed by atoms with Gasteiger partial charge >= 0.3 is 0 Å². The van der Waals surface area contributed by atoms with Gasteiger partial charge in [0.1, 0.15) is 5.69 Å². The third kappa shape index (κ3) is 3.86. The van der Waals surface area contributed by atoms with Crippen molar-refractivity contribution in [1.82, 2.24) is 19.9 Å². The summed E-state index contributed by atoms with van der Waals surface area (Å²) >= 11 is 1.75. The molecule has 6 heteroatoms. The van der Waals surface area contributed by atoms with Crippen LogP contribution in [0.5, 0.6) is 0 Å². The average Bonchev–Trinajstić information content (AvgIpc) is 3.16. The minimum Gasteiger partial charge on any atom is -0.305 e. The smallest absolute Gasteiger partial charge is 0.251 e. The first-order chi connectivity index (χ1) is 12.3. The van der Waals surface area contributed by atoms with Crippen molar-refractivity contribution in [2.24, 2.45) is 0 Å². The van der Waals surface area contributed by atoms with Crippen LogP contribution < -0.4 is 5.56 Å². The topological polar surface area (TPSA) is 61.9 Å². The van der Waals surface area contributed by atoms with E-state index in [4.69, 9.17) is 4.98 Å². The molecule has 1 N–H and O–H groups in total. The number of rotatable bonds is 4. The van der Waals surface area contributed by atoms with Crippen LogP contribution in [0.2, 0.25) is 0 Å². The first-order valence-electron chi connectivity index (χ1n) is 8.54. The standard InChI is InChI=1S/C19H20N4OS/c24-18-11-17(21-19(22-18)16-3-1-2-7-20-16)15-4-8-23(9-5-15)12-14-6-10-25-13-14/h1-3,6-7,10-11,13,15H,4-5,8-9,12H2,(H,21,22,24). The highest BCUT2D eigenvalue weighted by Gasteiger charge is 2.22. The molecule has 128 valence electrons. The number of thiophene rings is 1. The van der Waals surface area contributed by atoms with Gasteiger partial charge in [-0.05, 0) is 60.5 Å². The fourth-order valence-corrected chi connectivity index (χ4v) is 4.00. The lowest BCUT2D eigenvalue weighted by molar-refractivity contribution is 0.203. The van der Waals surface area contributed by atoms with Crippen molar-refractivity contribution < 1.29 is 0 Å². The fraction of sp³-hybridized carbons (Fsp3) is 0.316. The molecule has 5 nitrogen and oxygen atoms in total. The molecule has 0 atom stereocenters. The number of aromatic nitrogens is 3. The van der Waals surface area contributed by atoms with Gasteiger partial charge in [-0.15, -0.1) is 0 Å². The first kappa shape index (κ1) is 16.2. The van der Waals surface area contributed by atoms with E-state index in [1.165, 1.54) is 5.56 Å². The van der Waals surface area contributed by atoms with E-state index < -0.39 is 0 Å². The van der Waals surface area contributed by atoms with Gasteiger partial charge in [0.15, 0.2) is 5.82 Å². The van der Waals surface area contributed by atoms with Gasteiger partial charge < -0.3 is 4.98 Å². The second-order valence-corrected chi connectivity index (χ2v) is 7.20. The number of H-pyrrole nitrogens is 1. The van der Waals surface area contributed by atoms with Gasteiger partial charge in [0.2, 0.25) is 0 Å². The molecule has 1 fully saturated rings. The summed E-state index contributed by atoms with van der Waals surface area (Å²) in [5.74, 6) is 0.896. The molecule has 4 heterocycles. The number of nitrogens with zero attached hydrogens (tertiary/aromatic N) is 3. The lowest BCUT2D eigenvalue weighted by atomic mass is 9.93. The van der Waals surface area contributed by atoms with Gasteiger partial charge in [0, 0.05) is 24.7 Å². The summed E-state index contributed by atoms with van der Waals surface area (Å²) in [4.78, 5) is 26.3. The van der Waals surface area contributed by atoms with Crippen molar-refractivity contribution in [3.05, 3.63) is 68.9 Å². The SMILES string of the molecule is O=c1cc(C2CCN(Cc3ccsc3)CC2)nc(-c2ccccn2)[nH]1. The Labute approximate surface area is 150 Å². The van der Waals surface area contributed by atoms with Gasteiger partial charge in [-0.3, -0.25) is 14.7 Å². The van der Waals surface area contributed by atoms with Crippen molar-refractivity contribution in [1.29, 1.82) is 0 Å². The summed E-state index contributed by atoms with van der Waals surface area (Å²) in [5.41, 5.74) is 2.87. The molecule has 3 aromatic heterocycles. The van der Waals surface area contributed by atoms with Gasteiger partial charge in [0.25, 0.3) is 5.56 Å². The van der Waals surface area contributed by atoms with Crippen LogP contribution in [0.3, 0.4) is 0 Å². The Balaban J connectivity index is 1.48. The van der Waals surface area contributed by atoms with Crippen molar-refractivity contribution in [2.75, 3.05) is 13.1 Å². The second kappa shape index (κ2) is 7.29. The Bertz CT molecular complexity index is 868. The van der Waals surface area contributed by atoms with Crippen LogP contribution in [-0.4, -0.2) is 32.9 Å². The zero-order valence-corrected chi connectivity index (χ0v) is 14.7. The molecule has 25 heavy (non-hydrogen) atoms. The molecule has 0 bridgehead atoms. The number of nitrogens with one attached hydrogen (secondary N) is 1. The predicted octanol–water partition coefficient (Wildman–Crippen LogP) is 3.27. The maximum Gasteiger partial charge on any atom is 0.251 e. The van der Waals surface area contributed by atoms with Crippen LogP contribution in [-0.2, 0) is 6.54 Å². The summed E-state index contributed by atoms with van der Waals surface area (Å²) < 4.78 is 0. The van der Waals surface area contributed by atoms with E-state index in [0.717, 1.165) is 38.2 Å². The summed E-state index contributed by atoms with van der Waals surface area (Å²) in [6.45, 7) is 3.08. The molecule has 0 aliphatic carbocycles. The van der Waals surface area contributed by atoms with E-state index in [1.807, 2.05) is 18.2 Å². The molecule has 3 aromatic rings. The van der Waals surface area contributed by atoms with E-state index in [9.17, 15) is 4.79 Å². The zero-order valence-electron chi connectivity index (χ0n) is 13.9. The minimum absolute atomic E-state index is 0.105. The Kier molecular flexibility index (Phi) is 4.72. The maximum atomic E-state index is 12.1. The maximum absolute atomic E-state index is 12.1. The fourth-order valence-electron chi connectivity index (χ4n) is 3.34. The molecule has 0 unspecified atom stereocenters. The van der Waals surface area contributed by atoms with Crippen molar-refractivity contribution in [3.63, 3.8) is 0 Å². The van der Waals surface area contributed by atoms with E-state index in [-0.39, 0.29) is 5.56 Å². The summed E-state index contributed by atoms with van der Waals surface area (Å²) in [5, 5.41) is 4.34. The summed E-state index contributed by atoms with van der Waals surface area (Å²) in [6, 6.07) is 9.46. The number of likely N-dealkylation sites (tertiary alicyclic amines) is 1. The number of hydrogen-bond acceptors (Lipinski definition) is 5. The molecule has 0 spiro atoms. The van der Waals surface area contributed by atoms with Crippen LogP contribution in [0.4, 0.5) is 0 Å². The van der Waals surface area contributed by atoms with Gasteiger partial charge in [-0.25, -0.2) is 4.98 Å². The van der Waals surface area contributed by atoms with E-state index in [2.05, 4.69) is 31.7 Å². The Morgan fingerprint density at radius 1 is 1.24 bits per heavy atom. The Morgan fingerprint density at radius 3 is 2.84 bits per heavy atom. The second-order valence-electron chi connectivity index (χ2n) is 6.42. The van der Waals surface area contributed by atoms with Crippen molar-refractivity contribution in [2.45, 2.75) is 25.3 Å². The molecular weight excluding hydrogens is 332 g/mol. The molecule has 1 aliphatic rings. The highest BCUT2D eigenvalue weighted by atomic mass is 32.1. The predicted molar refractivity (Wildman–Crippen MR) is 99.7 cm³/mol.